The number of nitrogens with zero attached hydrogens (tertiary/aromatic N) is 7. The first-order valence-corrected chi connectivity index (χ1v) is 16.1. The van der Waals surface area contributed by atoms with Gasteiger partial charge in [0.15, 0.2) is 17.4 Å². The van der Waals surface area contributed by atoms with E-state index in [0.29, 0.717) is 30.1 Å². The Bertz CT molecular complexity index is 1620. The Kier molecular flexibility index (Phi) is 10.8. The number of anilines is 2. The van der Waals surface area contributed by atoms with Crippen molar-refractivity contribution in [3.8, 4) is 0 Å². The van der Waals surface area contributed by atoms with Gasteiger partial charge < -0.3 is 47.1 Å². The maximum atomic E-state index is 12.9. The van der Waals surface area contributed by atoms with Gasteiger partial charge in [-0.25, -0.2) is 24.3 Å². The molecule has 3 aromatic rings. The number of ether oxygens (including phenoxy) is 2. The van der Waals surface area contributed by atoms with Gasteiger partial charge in [0.2, 0.25) is 0 Å². The molecule has 21 heteroatoms. The lowest BCUT2D eigenvalue weighted by molar-refractivity contribution is -0.0564. The van der Waals surface area contributed by atoms with E-state index >= 15 is 0 Å². The Labute approximate surface area is 262 Å². The monoisotopic (exact) mass is 667 g/mol. The SMILES string of the molecule is NC(N)=NCCCCCNc1ccn([C@H]2C[C@H](OP(=O)(O)OC[C@H]3O[C@@H](n4cnc5c(N)ncnc54)C[C@@H]3O)[C@@H](CO)O2)c(=O)n1. The van der Waals surface area contributed by atoms with E-state index in [1.807, 2.05) is 0 Å². The third-order valence-corrected chi connectivity index (χ3v) is 8.52. The number of phosphoric acid groups is 1. The number of hydrogen-bond donors (Lipinski definition) is 7. The fraction of sp³-hybridized carbons (Fsp3) is 0.600. The molecular weight excluding hydrogens is 629 g/mol. The molecule has 2 aliphatic rings. The average Bonchev–Trinajstić information content (AvgIpc) is 3.72. The molecule has 252 valence electrons. The van der Waals surface area contributed by atoms with E-state index in [4.69, 9.17) is 35.7 Å². The molecule has 5 rings (SSSR count). The first kappa shape index (κ1) is 33.6. The van der Waals surface area contributed by atoms with Gasteiger partial charge in [-0.3, -0.25) is 23.2 Å². The Morgan fingerprint density at radius 2 is 1.91 bits per heavy atom. The van der Waals surface area contributed by atoms with Crippen LogP contribution in [0.1, 0.15) is 44.6 Å². The van der Waals surface area contributed by atoms with E-state index in [-0.39, 0.29) is 24.6 Å². The lowest BCUT2D eigenvalue weighted by Crippen LogP contribution is -2.29. The molecule has 0 aliphatic carbocycles. The number of rotatable bonds is 15. The van der Waals surface area contributed by atoms with Gasteiger partial charge in [0.1, 0.15) is 48.4 Å². The van der Waals surface area contributed by atoms with Crippen molar-refractivity contribution < 1.29 is 38.2 Å². The van der Waals surface area contributed by atoms with Crippen molar-refractivity contribution in [3.63, 3.8) is 0 Å². The molecule has 0 bridgehead atoms. The number of aliphatic hydroxyl groups is 2. The number of guanidine groups is 1. The maximum absolute atomic E-state index is 12.9. The van der Waals surface area contributed by atoms with Gasteiger partial charge >= 0.3 is 13.5 Å². The van der Waals surface area contributed by atoms with Gasteiger partial charge in [-0.05, 0) is 25.3 Å². The molecule has 46 heavy (non-hydrogen) atoms. The third-order valence-electron chi connectivity index (χ3n) is 7.51. The van der Waals surface area contributed by atoms with Crippen LogP contribution in [-0.2, 0) is 23.1 Å². The minimum Gasteiger partial charge on any atom is -0.394 e. The first-order chi connectivity index (χ1) is 22.0. The zero-order valence-corrected chi connectivity index (χ0v) is 25.6. The molecular formula is C25H38N11O9P. The number of aliphatic imine (C=N–C) groups is 1. The molecule has 0 spiro atoms. The van der Waals surface area contributed by atoms with Crippen LogP contribution in [0.15, 0.2) is 34.7 Å². The zero-order valence-electron chi connectivity index (χ0n) is 24.7. The molecule has 10 N–H and O–H groups in total. The van der Waals surface area contributed by atoms with Crippen LogP contribution in [0.25, 0.3) is 11.2 Å². The second-order valence-electron chi connectivity index (χ2n) is 10.8. The van der Waals surface area contributed by atoms with Crippen LogP contribution < -0.4 is 28.2 Å². The van der Waals surface area contributed by atoms with Crippen LogP contribution in [0.2, 0.25) is 0 Å². The van der Waals surface area contributed by atoms with Crippen molar-refractivity contribution in [2.24, 2.45) is 16.5 Å². The van der Waals surface area contributed by atoms with Crippen LogP contribution in [0.3, 0.4) is 0 Å². The summed E-state index contributed by atoms with van der Waals surface area (Å²) in [5, 5.41) is 23.5. The second-order valence-corrected chi connectivity index (χ2v) is 12.2. The van der Waals surface area contributed by atoms with Crippen molar-refractivity contribution in [3.05, 3.63) is 35.4 Å². The number of unbranched alkanes of at least 4 members (excludes halogenated alkanes) is 2. The second kappa shape index (κ2) is 14.8. The van der Waals surface area contributed by atoms with E-state index in [1.165, 1.54) is 23.4 Å². The van der Waals surface area contributed by atoms with E-state index < -0.39 is 63.6 Å². The molecule has 5 heterocycles. The molecule has 1 unspecified atom stereocenters. The van der Waals surface area contributed by atoms with Crippen molar-refractivity contribution in [2.75, 3.05) is 37.4 Å². The standard InChI is InChI=1S/C25H38N11O9P/c26-22-21-23(32-12-31-22)36(13-33-21)19-8-14(38)17(44-19)11-42-46(40,41)45-15-9-20(43-16(15)10-37)35-7-4-18(34-25(35)39)29-5-2-1-3-6-30-24(27)28/h4,7,12-17,19-20,37-38H,1-3,5-6,8-11H2,(H,40,41)(H2,26,31,32)(H4,27,28,30)(H,29,34,39)/t14-,15-,16+,17+,19+,20+/m0/s1. The molecule has 0 radical (unpaired) electrons. The number of imidazole rings is 1. The molecule has 2 fully saturated rings. The lowest BCUT2D eigenvalue weighted by atomic mass is 10.2. The van der Waals surface area contributed by atoms with Crippen molar-refractivity contribution in [1.29, 1.82) is 0 Å². The van der Waals surface area contributed by atoms with Gasteiger partial charge in [-0.2, -0.15) is 4.98 Å². The van der Waals surface area contributed by atoms with Crippen molar-refractivity contribution in [2.45, 2.75) is 69.0 Å². The topological polar surface area (TPSA) is 296 Å². The smallest absolute Gasteiger partial charge is 0.394 e. The maximum Gasteiger partial charge on any atom is 0.472 e. The van der Waals surface area contributed by atoms with E-state index in [0.717, 1.165) is 19.3 Å². The van der Waals surface area contributed by atoms with E-state index in [2.05, 4.69) is 30.2 Å². The number of fused-ring (bicyclic) bond motifs is 1. The summed E-state index contributed by atoms with van der Waals surface area (Å²) < 4.78 is 37.7. The highest BCUT2D eigenvalue weighted by atomic mass is 31.2. The number of hydrogen-bond acceptors (Lipinski definition) is 15. The molecule has 0 saturated carbocycles. The predicted molar refractivity (Wildman–Crippen MR) is 162 cm³/mol. The Morgan fingerprint density at radius 3 is 2.67 bits per heavy atom. The molecule has 20 nitrogen and oxygen atoms in total. The molecule has 7 atom stereocenters. The summed E-state index contributed by atoms with van der Waals surface area (Å²) in [5.41, 5.74) is 16.6. The minimum absolute atomic E-state index is 0.0490. The molecule has 0 amide bonds. The summed E-state index contributed by atoms with van der Waals surface area (Å²) in [4.78, 5) is 43.4. The highest BCUT2D eigenvalue weighted by Crippen LogP contribution is 2.49. The van der Waals surface area contributed by atoms with Crippen LogP contribution in [-0.4, -0.2) is 101 Å². The number of nitrogens with one attached hydrogen (secondary N) is 1. The highest BCUT2D eigenvalue weighted by molar-refractivity contribution is 7.47. The molecule has 3 aromatic heterocycles. The average molecular weight is 668 g/mol. The predicted octanol–water partition coefficient (Wildman–Crippen LogP) is -1.05. The van der Waals surface area contributed by atoms with Gasteiger partial charge in [0.25, 0.3) is 0 Å². The Morgan fingerprint density at radius 1 is 1.13 bits per heavy atom. The first-order valence-electron chi connectivity index (χ1n) is 14.6. The van der Waals surface area contributed by atoms with Gasteiger partial charge in [0, 0.05) is 32.1 Å². The number of nitrogen functional groups attached to an aromatic ring is 1. The summed E-state index contributed by atoms with van der Waals surface area (Å²) in [6, 6.07) is 1.60. The normalized spacial score (nSPS) is 25.9. The zero-order chi connectivity index (χ0) is 32.8. The highest BCUT2D eigenvalue weighted by Gasteiger charge is 2.43. The van der Waals surface area contributed by atoms with Crippen LogP contribution in [0.4, 0.5) is 11.6 Å². The Balaban J connectivity index is 1.11. The molecule has 0 aromatic carbocycles. The number of nitrogens with two attached hydrogens (primary N) is 3. The van der Waals surface area contributed by atoms with Crippen molar-refractivity contribution >= 4 is 36.6 Å². The van der Waals surface area contributed by atoms with Gasteiger partial charge in [0.05, 0.1) is 25.6 Å². The third kappa shape index (κ3) is 8.15. The van der Waals surface area contributed by atoms with Gasteiger partial charge in [-0.1, -0.05) is 0 Å². The van der Waals surface area contributed by atoms with E-state index in [1.54, 1.807) is 10.6 Å². The Hall–Kier alpha value is -3.75. The largest absolute Gasteiger partial charge is 0.472 e. The summed E-state index contributed by atoms with van der Waals surface area (Å²) >= 11 is 0. The molecule has 2 aliphatic heterocycles. The minimum atomic E-state index is -4.73. The lowest BCUT2D eigenvalue weighted by Gasteiger charge is -2.21. The summed E-state index contributed by atoms with van der Waals surface area (Å²) in [5.74, 6) is 0.625. The van der Waals surface area contributed by atoms with Crippen LogP contribution in [0, 0.1) is 0 Å². The summed E-state index contributed by atoms with van der Waals surface area (Å²) in [6.07, 6.45) is 1.04. The summed E-state index contributed by atoms with van der Waals surface area (Å²) in [6.45, 7) is 0.0988. The van der Waals surface area contributed by atoms with Crippen molar-refractivity contribution in [1.82, 2.24) is 29.1 Å². The molecule has 2 saturated heterocycles. The quantitative estimate of drug-likeness (QED) is 0.0440. The van der Waals surface area contributed by atoms with Gasteiger partial charge in [-0.15, -0.1) is 0 Å². The summed E-state index contributed by atoms with van der Waals surface area (Å²) in [7, 11) is -4.73. The van der Waals surface area contributed by atoms with Crippen LogP contribution in [0.5, 0.6) is 0 Å². The van der Waals surface area contributed by atoms with Crippen LogP contribution >= 0.6 is 7.82 Å². The number of phosphoric ester groups is 1. The fourth-order valence-corrected chi connectivity index (χ4v) is 6.16. The van der Waals surface area contributed by atoms with E-state index in [9.17, 15) is 24.5 Å². The fourth-order valence-electron chi connectivity index (χ4n) is 5.20. The number of aromatic nitrogens is 6. The number of aliphatic hydroxyl groups excluding tert-OH is 2.